The summed E-state index contributed by atoms with van der Waals surface area (Å²) in [6.07, 6.45) is 3.19. The van der Waals surface area contributed by atoms with Gasteiger partial charge < -0.3 is 9.47 Å². The summed E-state index contributed by atoms with van der Waals surface area (Å²) >= 11 is 12.1. The Balaban J connectivity index is 1.34. The maximum absolute atomic E-state index is 12.2. The first-order chi connectivity index (χ1) is 16.1. The van der Waals surface area contributed by atoms with E-state index in [1.54, 1.807) is 24.4 Å². The quantitative estimate of drug-likeness (QED) is 0.261. The van der Waals surface area contributed by atoms with Gasteiger partial charge in [-0.3, -0.25) is 9.78 Å². The molecule has 8 heteroatoms. The number of carbonyl (C=O) groups is 1. The van der Waals surface area contributed by atoms with Crippen LogP contribution in [-0.4, -0.2) is 23.7 Å². The molecule has 0 saturated heterocycles. The van der Waals surface area contributed by atoms with Gasteiger partial charge in [-0.05, 0) is 36.4 Å². The number of nitrogens with zero attached hydrogens (tertiary/aromatic N) is 2. The van der Waals surface area contributed by atoms with E-state index < -0.39 is 5.91 Å². The molecule has 0 saturated carbocycles. The van der Waals surface area contributed by atoms with E-state index in [2.05, 4.69) is 15.5 Å². The monoisotopic (exact) mass is 479 g/mol. The summed E-state index contributed by atoms with van der Waals surface area (Å²) in [4.78, 5) is 16.5. The highest BCUT2D eigenvalue weighted by molar-refractivity contribution is 6.35. The summed E-state index contributed by atoms with van der Waals surface area (Å²) in [7, 11) is 0. The van der Waals surface area contributed by atoms with E-state index in [1.807, 2.05) is 54.6 Å². The lowest BCUT2D eigenvalue weighted by atomic mass is 10.2. The van der Waals surface area contributed by atoms with Crippen LogP contribution in [0.3, 0.4) is 0 Å². The Hall–Kier alpha value is -3.61. The van der Waals surface area contributed by atoms with E-state index in [-0.39, 0.29) is 13.2 Å². The Morgan fingerprint density at radius 2 is 1.79 bits per heavy atom. The maximum Gasteiger partial charge on any atom is 0.277 e. The Labute approximate surface area is 200 Å². The number of hydrogen-bond acceptors (Lipinski definition) is 5. The zero-order chi connectivity index (χ0) is 23.0. The van der Waals surface area contributed by atoms with Gasteiger partial charge in [-0.25, -0.2) is 5.43 Å². The summed E-state index contributed by atoms with van der Waals surface area (Å²) in [6, 6.07) is 21.9. The van der Waals surface area contributed by atoms with Gasteiger partial charge in [0.05, 0.1) is 6.21 Å². The molecule has 0 aliphatic rings. The van der Waals surface area contributed by atoms with Crippen LogP contribution in [0.2, 0.25) is 10.0 Å². The van der Waals surface area contributed by atoms with E-state index >= 15 is 0 Å². The normalized spacial score (nSPS) is 11.0. The van der Waals surface area contributed by atoms with Crippen LogP contribution in [0.4, 0.5) is 0 Å². The Morgan fingerprint density at radius 3 is 2.67 bits per heavy atom. The van der Waals surface area contributed by atoms with Gasteiger partial charge in [0.2, 0.25) is 0 Å². The molecule has 1 heterocycles. The molecule has 3 aromatic carbocycles. The van der Waals surface area contributed by atoms with Crippen molar-refractivity contribution in [2.45, 2.75) is 6.61 Å². The third-order valence-electron chi connectivity index (χ3n) is 4.66. The molecule has 0 aliphatic carbocycles. The van der Waals surface area contributed by atoms with Gasteiger partial charge >= 0.3 is 0 Å². The average Bonchev–Trinajstić information content (AvgIpc) is 2.83. The van der Waals surface area contributed by atoms with E-state index in [0.717, 1.165) is 10.9 Å². The SMILES string of the molecule is O=C(COc1cccc2cccnc12)NN=Cc1ccccc1OCc1ccc(Cl)cc1Cl. The number of nitrogens with one attached hydrogen (secondary N) is 1. The fraction of sp³-hybridized carbons (Fsp3) is 0.0800. The average molecular weight is 480 g/mol. The lowest BCUT2D eigenvalue weighted by molar-refractivity contribution is -0.123. The van der Waals surface area contributed by atoms with Crippen LogP contribution >= 0.6 is 23.2 Å². The van der Waals surface area contributed by atoms with E-state index in [1.165, 1.54) is 6.21 Å². The number of rotatable bonds is 8. The molecule has 0 aliphatic heterocycles. The molecule has 0 spiro atoms. The summed E-state index contributed by atoms with van der Waals surface area (Å²) in [5.41, 5.74) is 4.66. The summed E-state index contributed by atoms with van der Waals surface area (Å²) < 4.78 is 11.5. The Kier molecular flexibility index (Phi) is 7.40. The number of para-hydroxylation sites is 2. The third-order valence-corrected chi connectivity index (χ3v) is 5.25. The lowest BCUT2D eigenvalue weighted by Gasteiger charge is -2.10. The van der Waals surface area contributed by atoms with Gasteiger partial charge in [-0.2, -0.15) is 5.10 Å². The molecule has 33 heavy (non-hydrogen) atoms. The molecule has 6 nitrogen and oxygen atoms in total. The lowest BCUT2D eigenvalue weighted by Crippen LogP contribution is -2.24. The van der Waals surface area contributed by atoms with Gasteiger partial charge in [0.1, 0.15) is 23.6 Å². The van der Waals surface area contributed by atoms with Crippen molar-refractivity contribution in [3.8, 4) is 11.5 Å². The number of aromatic nitrogens is 1. The highest BCUT2D eigenvalue weighted by atomic mass is 35.5. The van der Waals surface area contributed by atoms with Crippen molar-refractivity contribution in [3.05, 3.63) is 100 Å². The molecule has 1 amide bonds. The number of pyridine rings is 1. The number of ether oxygens (including phenoxy) is 2. The van der Waals surface area contributed by atoms with Crippen molar-refractivity contribution < 1.29 is 14.3 Å². The smallest absolute Gasteiger partial charge is 0.277 e. The summed E-state index contributed by atoms with van der Waals surface area (Å²) in [5.74, 6) is 0.733. The van der Waals surface area contributed by atoms with Gasteiger partial charge in [-0.1, -0.05) is 59.6 Å². The molecule has 0 unspecified atom stereocenters. The van der Waals surface area contributed by atoms with E-state index in [9.17, 15) is 4.79 Å². The highest BCUT2D eigenvalue weighted by Gasteiger charge is 2.07. The Morgan fingerprint density at radius 1 is 0.970 bits per heavy atom. The topological polar surface area (TPSA) is 72.8 Å². The molecule has 0 radical (unpaired) electrons. The second-order valence-corrected chi connectivity index (χ2v) is 7.82. The fourth-order valence-electron chi connectivity index (χ4n) is 3.05. The van der Waals surface area contributed by atoms with Crippen molar-refractivity contribution >= 4 is 46.2 Å². The first kappa shape index (κ1) is 22.6. The minimum atomic E-state index is -0.398. The zero-order valence-electron chi connectivity index (χ0n) is 17.4. The van der Waals surface area contributed by atoms with E-state index in [4.69, 9.17) is 32.7 Å². The largest absolute Gasteiger partial charge is 0.488 e. The molecule has 0 fully saturated rings. The summed E-state index contributed by atoms with van der Waals surface area (Å²) in [5, 5.41) is 6.04. The number of amides is 1. The number of carbonyl (C=O) groups excluding carboxylic acids is 1. The van der Waals surface area contributed by atoms with Crippen LogP contribution in [0.15, 0.2) is 84.1 Å². The molecule has 4 rings (SSSR count). The van der Waals surface area contributed by atoms with Gasteiger partial charge in [0, 0.05) is 32.8 Å². The third kappa shape index (κ3) is 6.00. The predicted molar refractivity (Wildman–Crippen MR) is 130 cm³/mol. The van der Waals surface area contributed by atoms with Crippen molar-refractivity contribution in [1.82, 2.24) is 10.4 Å². The number of hydrogen-bond donors (Lipinski definition) is 1. The minimum Gasteiger partial charge on any atom is -0.488 e. The van der Waals surface area contributed by atoms with Gasteiger partial charge in [0.15, 0.2) is 6.61 Å². The number of fused-ring (bicyclic) bond motifs is 1. The van der Waals surface area contributed by atoms with Crippen molar-refractivity contribution in [3.63, 3.8) is 0 Å². The minimum absolute atomic E-state index is 0.194. The number of halogens is 2. The molecular formula is C25H19Cl2N3O3. The molecule has 1 N–H and O–H groups in total. The van der Waals surface area contributed by atoms with Crippen molar-refractivity contribution in [1.29, 1.82) is 0 Å². The maximum atomic E-state index is 12.2. The molecule has 0 bridgehead atoms. The zero-order valence-corrected chi connectivity index (χ0v) is 18.9. The standard InChI is InChI=1S/C25H19Cl2N3O3/c26-20-11-10-19(21(27)13-20)15-32-22-8-2-1-5-18(22)14-29-30-24(31)16-33-23-9-3-6-17-7-4-12-28-25(17)23/h1-14H,15-16H2,(H,30,31). The molecule has 166 valence electrons. The number of hydrazone groups is 1. The second-order valence-electron chi connectivity index (χ2n) is 6.98. The first-order valence-corrected chi connectivity index (χ1v) is 10.8. The van der Waals surface area contributed by atoms with Gasteiger partial charge in [-0.15, -0.1) is 0 Å². The molecule has 0 atom stereocenters. The van der Waals surface area contributed by atoms with Crippen molar-refractivity contribution in [2.24, 2.45) is 5.10 Å². The van der Waals surface area contributed by atoms with Crippen LogP contribution in [0, 0.1) is 0 Å². The van der Waals surface area contributed by atoms with Crippen LogP contribution in [0.5, 0.6) is 11.5 Å². The fourth-order valence-corrected chi connectivity index (χ4v) is 3.52. The van der Waals surface area contributed by atoms with Crippen LogP contribution in [0.1, 0.15) is 11.1 Å². The van der Waals surface area contributed by atoms with Crippen molar-refractivity contribution in [2.75, 3.05) is 6.61 Å². The highest BCUT2D eigenvalue weighted by Crippen LogP contribution is 2.24. The second kappa shape index (κ2) is 10.8. The Bertz CT molecular complexity index is 1310. The first-order valence-electron chi connectivity index (χ1n) is 10.0. The molecule has 1 aromatic heterocycles. The van der Waals surface area contributed by atoms with Crippen LogP contribution < -0.4 is 14.9 Å². The van der Waals surface area contributed by atoms with E-state index in [0.29, 0.717) is 32.6 Å². The van der Waals surface area contributed by atoms with Crippen LogP contribution in [-0.2, 0) is 11.4 Å². The van der Waals surface area contributed by atoms with Crippen LogP contribution in [0.25, 0.3) is 10.9 Å². The van der Waals surface area contributed by atoms with Gasteiger partial charge in [0.25, 0.3) is 5.91 Å². The predicted octanol–water partition coefficient (Wildman–Crippen LogP) is 5.65. The summed E-state index contributed by atoms with van der Waals surface area (Å²) in [6.45, 7) is 0.0698. The molecule has 4 aromatic rings. The number of benzene rings is 3. The molecular weight excluding hydrogens is 461 g/mol.